The Kier molecular flexibility index (Phi) is 5.92. The van der Waals surface area contributed by atoms with Gasteiger partial charge in [0.1, 0.15) is 6.04 Å². The van der Waals surface area contributed by atoms with Crippen molar-refractivity contribution in [2.75, 3.05) is 39.5 Å². The molecular weight excluding hydrogens is 408 g/mol. The first-order valence-corrected chi connectivity index (χ1v) is 11.0. The topological polar surface area (TPSA) is 153 Å². The summed E-state index contributed by atoms with van der Waals surface area (Å²) in [5.41, 5.74) is 2.40. The maximum Gasteiger partial charge on any atom is 0.418 e. The third-order valence-electron chi connectivity index (χ3n) is 5.86. The molecule has 4 rings (SSSR count). The molecule has 13 nitrogen and oxygen atoms in total. The number of piperidine rings is 1. The van der Waals surface area contributed by atoms with Crippen LogP contribution in [0, 0.1) is 0 Å². The Bertz CT molecular complexity index is 745. The molecule has 4 heterocycles. The molecule has 0 aromatic heterocycles. The number of nitrogens with zero attached hydrogens (tertiary/aromatic N) is 3. The quantitative estimate of drug-likeness (QED) is 0.253. The molecule has 0 saturated carbocycles. The zero-order chi connectivity index (χ0) is 20.6. The maximum absolute atomic E-state index is 12.5. The van der Waals surface area contributed by atoms with Crippen molar-refractivity contribution in [3.05, 3.63) is 0 Å². The van der Waals surface area contributed by atoms with Crippen LogP contribution in [-0.2, 0) is 24.3 Å². The van der Waals surface area contributed by atoms with Crippen LogP contribution >= 0.6 is 0 Å². The van der Waals surface area contributed by atoms with Gasteiger partial charge in [0, 0.05) is 44.9 Å². The molecule has 2 bridgehead atoms. The first-order valence-electron chi connectivity index (χ1n) is 9.68. The van der Waals surface area contributed by atoms with Gasteiger partial charge in [0.05, 0.1) is 12.6 Å². The molecule has 4 fully saturated rings. The van der Waals surface area contributed by atoms with Gasteiger partial charge in [0.15, 0.2) is 0 Å². The van der Waals surface area contributed by atoms with E-state index in [1.165, 1.54) is 4.90 Å². The summed E-state index contributed by atoms with van der Waals surface area (Å²) in [6, 6.07) is -1.52. The number of urea groups is 1. The van der Waals surface area contributed by atoms with Gasteiger partial charge in [-0.05, 0) is 19.3 Å². The van der Waals surface area contributed by atoms with Crippen molar-refractivity contribution in [2.45, 2.75) is 43.4 Å². The minimum atomic E-state index is -4.81. The smallest absolute Gasteiger partial charge is 0.310 e. The molecule has 4 aliphatic rings. The van der Waals surface area contributed by atoms with Crippen LogP contribution in [0.25, 0.3) is 0 Å². The second-order valence-electron chi connectivity index (χ2n) is 7.75. The van der Waals surface area contributed by atoms with Gasteiger partial charge in [-0.15, -0.1) is 4.28 Å². The van der Waals surface area contributed by atoms with Gasteiger partial charge in [-0.2, -0.15) is 13.5 Å². The number of rotatable bonds is 7. The first-order chi connectivity index (χ1) is 13.8. The predicted molar refractivity (Wildman–Crippen MR) is 97.3 cm³/mol. The van der Waals surface area contributed by atoms with Crippen LogP contribution in [0.15, 0.2) is 0 Å². The van der Waals surface area contributed by atoms with Gasteiger partial charge >= 0.3 is 16.4 Å². The molecule has 164 valence electrons. The molecule has 0 aromatic rings. The molecule has 0 aliphatic carbocycles. The second-order valence-corrected chi connectivity index (χ2v) is 8.76. The predicted octanol–water partition coefficient (Wildman–Crippen LogP) is -2.37. The van der Waals surface area contributed by atoms with E-state index < -0.39 is 34.4 Å². The standard InChI is InChI=1S/C15H26N6O7S/c22-14(18-27-8-10-5-12(6-17-10)19-4-3-16-9-19)13-2-1-11-7-20(13)15(23)21(11)28-29(24,25)26/h10-13,16-17H,1-9H2,(H,18,22)(H,24,25,26)/t10-,11?,12-,13?/m1/s1. The summed E-state index contributed by atoms with van der Waals surface area (Å²) in [4.78, 5) is 33.8. The van der Waals surface area contributed by atoms with Gasteiger partial charge < -0.3 is 15.5 Å². The van der Waals surface area contributed by atoms with Crippen LogP contribution < -0.4 is 16.1 Å². The summed E-state index contributed by atoms with van der Waals surface area (Å²) < 4.78 is 35.0. The minimum absolute atomic E-state index is 0.128. The third-order valence-corrected chi connectivity index (χ3v) is 6.21. The lowest BCUT2D eigenvalue weighted by molar-refractivity contribution is -0.139. The molecule has 4 saturated heterocycles. The van der Waals surface area contributed by atoms with E-state index >= 15 is 0 Å². The van der Waals surface area contributed by atoms with Crippen molar-refractivity contribution in [3.63, 3.8) is 0 Å². The van der Waals surface area contributed by atoms with Gasteiger partial charge in [-0.25, -0.2) is 10.3 Å². The van der Waals surface area contributed by atoms with E-state index in [0.717, 1.165) is 32.7 Å². The Morgan fingerprint density at radius 3 is 2.86 bits per heavy atom. The summed E-state index contributed by atoms with van der Waals surface area (Å²) in [6.45, 7) is 4.24. The van der Waals surface area contributed by atoms with Crippen molar-refractivity contribution >= 4 is 22.3 Å². The zero-order valence-corrected chi connectivity index (χ0v) is 16.6. The van der Waals surface area contributed by atoms with Crippen molar-refractivity contribution in [2.24, 2.45) is 0 Å². The van der Waals surface area contributed by atoms with E-state index in [0.29, 0.717) is 30.6 Å². The number of fused-ring (bicyclic) bond motifs is 2. The Labute approximate surface area is 168 Å². The lowest BCUT2D eigenvalue weighted by atomic mass is 10.0. The highest BCUT2D eigenvalue weighted by Crippen LogP contribution is 2.30. The molecule has 0 aromatic carbocycles. The van der Waals surface area contributed by atoms with Crippen molar-refractivity contribution in [3.8, 4) is 0 Å². The zero-order valence-electron chi connectivity index (χ0n) is 15.8. The summed E-state index contributed by atoms with van der Waals surface area (Å²) in [7, 11) is -4.81. The highest BCUT2D eigenvalue weighted by atomic mass is 32.3. The molecule has 0 radical (unpaired) electrons. The van der Waals surface area contributed by atoms with Gasteiger partial charge in [0.2, 0.25) is 0 Å². The Hall–Kier alpha value is -1.55. The average Bonchev–Trinajstić information content (AvgIpc) is 3.39. The number of nitrogens with one attached hydrogen (secondary N) is 3. The lowest BCUT2D eigenvalue weighted by Gasteiger charge is -2.29. The summed E-state index contributed by atoms with van der Waals surface area (Å²) in [5, 5.41) is 7.30. The molecule has 3 amide bonds. The fraction of sp³-hybridized carbons (Fsp3) is 0.867. The average molecular weight is 434 g/mol. The Balaban J connectivity index is 1.23. The van der Waals surface area contributed by atoms with Crippen LogP contribution in [0.1, 0.15) is 19.3 Å². The van der Waals surface area contributed by atoms with E-state index in [1.54, 1.807) is 0 Å². The number of carbonyl (C=O) groups excluding carboxylic acids is 2. The van der Waals surface area contributed by atoms with Crippen LogP contribution in [0.3, 0.4) is 0 Å². The number of carbonyl (C=O) groups is 2. The second kappa shape index (κ2) is 8.29. The number of hydrogen-bond donors (Lipinski definition) is 4. The van der Waals surface area contributed by atoms with Crippen molar-refractivity contribution in [1.82, 2.24) is 31.0 Å². The fourth-order valence-corrected chi connectivity index (χ4v) is 4.81. The summed E-state index contributed by atoms with van der Waals surface area (Å²) in [5.74, 6) is -0.469. The number of hydrogen-bond acceptors (Lipinski definition) is 9. The van der Waals surface area contributed by atoms with Crippen molar-refractivity contribution in [1.29, 1.82) is 0 Å². The van der Waals surface area contributed by atoms with E-state index in [-0.39, 0.29) is 12.6 Å². The third kappa shape index (κ3) is 4.63. The van der Waals surface area contributed by atoms with Crippen LogP contribution in [0.5, 0.6) is 0 Å². The molecule has 4 atom stereocenters. The SMILES string of the molecule is O=C(NOC[C@H]1C[C@@H](N2CCNC2)CN1)C1CCC2CN1C(=O)N2OS(=O)(=O)O. The molecule has 14 heteroatoms. The lowest BCUT2D eigenvalue weighted by Crippen LogP contribution is -2.50. The maximum atomic E-state index is 12.5. The normalized spacial score (nSPS) is 32.9. The first kappa shape index (κ1) is 20.7. The van der Waals surface area contributed by atoms with E-state index in [9.17, 15) is 18.0 Å². The van der Waals surface area contributed by atoms with E-state index in [2.05, 4.69) is 25.3 Å². The van der Waals surface area contributed by atoms with E-state index in [4.69, 9.17) is 9.39 Å². The van der Waals surface area contributed by atoms with Gasteiger partial charge in [0.25, 0.3) is 5.91 Å². The van der Waals surface area contributed by atoms with Crippen LogP contribution in [-0.4, -0.2) is 103 Å². The fourth-order valence-electron chi connectivity index (χ4n) is 4.42. The van der Waals surface area contributed by atoms with E-state index in [1.807, 2.05) is 0 Å². The molecule has 2 unspecified atom stereocenters. The van der Waals surface area contributed by atoms with Crippen LogP contribution in [0.4, 0.5) is 4.79 Å². The Morgan fingerprint density at radius 2 is 2.14 bits per heavy atom. The largest absolute Gasteiger partial charge is 0.418 e. The number of hydroxylamine groups is 3. The summed E-state index contributed by atoms with van der Waals surface area (Å²) in [6.07, 6.45) is 1.63. The highest BCUT2D eigenvalue weighted by Gasteiger charge is 2.49. The minimum Gasteiger partial charge on any atom is -0.310 e. The highest BCUT2D eigenvalue weighted by molar-refractivity contribution is 7.80. The molecule has 4 N–H and O–H groups in total. The van der Waals surface area contributed by atoms with Gasteiger partial charge in [-0.1, -0.05) is 0 Å². The molecule has 0 spiro atoms. The Morgan fingerprint density at radius 1 is 1.31 bits per heavy atom. The molecular formula is C15H26N6O7S. The van der Waals surface area contributed by atoms with Crippen molar-refractivity contribution < 1.29 is 31.7 Å². The van der Waals surface area contributed by atoms with Gasteiger partial charge in [-0.3, -0.25) is 19.1 Å². The summed E-state index contributed by atoms with van der Waals surface area (Å²) >= 11 is 0. The number of amides is 3. The molecule has 4 aliphatic heterocycles. The van der Waals surface area contributed by atoms with Crippen LogP contribution in [0.2, 0.25) is 0 Å². The molecule has 29 heavy (non-hydrogen) atoms. The monoisotopic (exact) mass is 434 g/mol.